The zero-order valence-electron chi connectivity index (χ0n) is 22.4. The van der Waals surface area contributed by atoms with Crippen LogP contribution in [-0.4, -0.2) is 86.7 Å². The lowest BCUT2D eigenvalue weighted by Gasteiger charge is -2.26. The third-order valence-corrected chi connectivity index (χ3v) is 6.58. The molecule has 0 radical (unpaired) electrons. The van der Waals surface area contributed by atoms with Gasteiger partial charge in [0.2, 0.25) is 0 Å². The fraction of sp³-hybridized carbons (Fsp3) is 0.400. The van der Waals surface area contributed by atoms with Crippen LogP contribution < -0.4 is 9.47 Å². The highest BCUT2D eigenvalue weighted by atomic mass is 16.5. The third-order valence-electron chi connectivity index (χ3n) is 6.58. The van der Waals surface area contributed by atoms with Crippen molar-refractivity contribution < 1.29 is 19.3 Å². The Hall–Kier alpha value is -3.10. The van der Waals surface area contributed by atoms with Gasteiger partial charge in [0.05, 0.1) is 26.4 Å². The molecule has 0 bridgehead atoms. The second-order valence-corrected chi connectivity index (χ2v) is 9.66. The first-order chi connectivity index (χ1) is 18.0. The summed E-state index contributed by atoms with van der Waals surface area (Å²) >= 11 is 0. The van der Waals surface area contributed by atoms with E-state index in [0.717, 1.165) is 28.9 Å². The van der Waals surface area contributed by atoms with E-state index >= 15 is 0 Å². The van der Waals surface area contributed by atoms with Crippen LogP contribution in [-0.2, 0) is 17.8 Å². The number of hydrogen-bond acceptors (Lipinski definition) is 6. The van der Waals surface area contributed by atoms with Crippen molar-refractivity contribution in [2.75, 3.05) is 61.2 Å². The molecule has 0 aliphatic carbocycles. The van der Waals surface area contributed by atoms with Crippen LogP contribution in [0.5, 0.6) is 11.5 Å². The Labute approximate surface area is 219 Å². The molecule has 4 aromatic rings. The van der Waals surface area contributed by atoms with Crippen LogP contribution in [0, 0.1) is 0 Å². The molecule has 0 aliphatic heterocycles. The van der Waals surface area contributed by atoms with Gasteiger partial charge in [-0.2, -0.15) is 0 Å². The minimum absolute atomic E-state index is 0.513. The van der Waals surface area contributed by atoms with Crippen molar-refractivity contribution in [1.29, 1.82) is 0 Å². The number of methoxy groups -OCH3 is 2. The Morgan fingerprint density at radius 3 is 2.14 bits per heavy atom. The summed E-state index contributed by atoms with van der Waals surface area (Å²) in [5.74, 6) is 1.46. The maximum Gasteiger partial charge on any atom is 0.161 e. The molecule has 0 aliphatic rings. The van der Waals surface area contributed by atoms with Gasteiger partial charge in [-0.3, -0.25) is 4.90 Å². The molecule has 0 amide bonds. The van der Waals surface area contributed by atoms with Crippen molar-refractivity contribution in [2.45, 2.75) is 19.2 Å². The van der Waals surface area contributed by atoms with E-state index in [2.05, 4.69) is 69.0 Å². The molecule has 0 spiro atoms. The Morgan fingerprint density at radius 2 is 1.51 bits per heavy atom. The number of ether oxygens (including phenoxy) is 3. The van der Waals surface area contributed by atoms with Crippen molar-refractivity contribution in [3.63, 3.8) is 0 Å². The summed E-state index contributed by atoms with van der Waals surface area (Å²) in [5.41, 5.74) is 3.37. The van der Waals surface area contributed by atoms with Gasteiger partial charge in [0, 0.05) is 55.1 Å². The number of likely N-dealkylation sites (N-methyl/N-ethyl adjacent to an activating group) is 1. The van der Waals surface area contributed by atoms with Crippen molar-refractivity contribution in [1.82, 2.24) is 14.4 Å². The van der Waals surface area contributed by atoms with Crippen molar-refractivity contribution in [2.24, 2.45) is 0 Å². The van der Waals surface area contributed by atoms with Crippen molar-refractivity contribution in [3.05, 3.63) is 72.3 Å². The van der Waals surface area contributed by atoms with Gasteiger partial charge >= 0.3 is 0 Å². The third kappa shape index (κ3) is 6.81. The fourth-order valence-corrected chi connectivity index (χ4v) is 4.75. The molecule has 7 nitrogen and oxygen atoms in total. The molecule has 1 heterocycles. The summed E-state index contributed by atoms with van der Waals surface area (Å²) in [6.45, 7) is 4.43. The van der Waals surface area contributed by atoms with Gasteiger partial charge < -0.3 is 28.8 Å². The van der Waals surface area contributed by atoms with E-state index in [0.29, 0.717) is 45.1 Å². The summed E-state index contributed by atoms with van der Waals surface area (Å²) in [4.78, 5) is 4.31. The van der Waals surface area contributed by atoms with Crippen LogP contribution in [0.2, 0.25) is 0 Å². The summed E-state index contributed by atoms with van der Waals surface area (Å²) in [6.07, 6.45) is -0.549. The number of rotatable bonds is 14. The number of aromatic nitrogens is 1. The lowest BCUT2D eigenvalue weighted by molar-refractivity contribution is 0.0767. The van der Waals surface area contributed by atoms with Crippen LogP contribution in [0.4, 0.5) is 0 Å². The molecule has 7 heteroatoms. The average Bonchev–Trinajstić information content (AvgIpc) is 3.21. The number of para-hydroxylation sites is 2. The second kappa shape index (κ2) is 12.9. The average molecular weight is 506 g/mol. The highest BCUT2D eigenvalue weighted by Crippen LogP contribution is 2.30. The van der Waals surface area contributed by atoms with Gasteiger partial charge in [-0.25, -0.2) is 0 Å². The molecule has 0 saturated heterocycles. The molecular formula is C30H39N3O4. The van der Waals surface area contributed by atoms with E-state index in [4.69, 9.17) is 14.2 Å². The molecule has 1 atom stereocenters. The van der Waals surface area contributed by atoms with E-state index in [1.807, 2.05) is 26.2 Å². The van der Waals surface area contributed by atoms with Crippen LogP contribution in [0.15, 0.2) is 66.7 Å². The summed E-state index contributed by atoms with van der Waals surface area (Å²) in [7, 11) is 7.41. The first-order valence-corrected chi connectivity index (χ1v) is 12.8. The molecule has 1 N–H and O–H groups in total. The molecule has 0 saturated carbocycles. The predicted molar refractivity (Wildman–Crippen MR) is 150 cm³/mol. The highest BCUT2D eigenvalue weighted by molar-refractivity contribution is 6.07. The van der Waals surface area contributed by atoms with Crippen molar-refractivity contribution >= 4 is 21.8 Å². The SMILES string of the molecule is COCCN(Cc1ccc(OCCN(C)C)c(OC)c1)C[C@H](O)Cn1c2ccccc2c2ccccc21. The van der Waals surface area contributed by atoms with E-state index in [1.165, 1.54) is 10.8 Å². The van der Waals surface area contributed by atoms with Crippen LogP contribution >= 0.6 is 0 Å². The van der Waals surface area contributed by atoms with Gasteiger partial charge in [-0.05, 0) is 43.9 Å². The summed E-state index contributed by atoms with van der Waals surface area (Å²) in [5, 5.41) is 13.6. The molecule has 1 aromatic heterocycles. The Kier molecular flexibility index (Phi) is 9.41. The van der Waals surface area contributed by atoms with Crippen LogP contribution in [0.3, 0.4) is 0 Å². The standard InChI is InChI=1S/C30H39N3O4/c1-31(2)15-18-37-29-14-13-23(19-30(29)36-4)20-32(16-17-35-3)21-24(34)22-33-27-11-7-5-9-25(27)26-10-6-8-12-28(26)33/h5-14,19,24,34H,15-18,20-22H2,1-4H3/t24-/m0/s1. The molecule has 3 aromatic carbocycles. The van der Waals surface area contributed by atoms with Gasteiger partial charge in [0.15, 0.2) is 11.5 Å². The monoisotopic (exact) mass is 505 g/mol. The first kappa shape index (κ1) is 26.9. The van der Waals surface area contributed by atoms with E-state index in [1.54, 1.807) is 14.2 Å². The number of aliphatic hydroxyl groups excluding tert-OH is 1. The molecule has 4 rings (SSSR count). The van der Waals surface area contributed by atoms with Crippen LogP contribution in [0.25, 0.3) is 21.8 Å². The summed E-state index contributed by atoms with van der Waals surface area (Å²) < 4.78 is 19.1. The van der Waals surface area contributed by atoms with E-state index in [-0.39, 0.29) is 0 Å². The second-order valence-electron chi connectivity index (χ2n) is 9.66. The number of aliphatic hydroxyl groups is 1. The normalized spacial score (nSPS) is 12.6. The van der Waals surface area contributed by atoms with Gasteiger partial charge in [-0.1, -0.05) is 42.5 Å². The van der Waals surface area contributed by atoms with Crippen molar-refractivity contribution in [3.8, 4) is 11.5 Å². The zero-order chi connectivity index (χ0) is 26.2. The molecule has 198 valence electrons. The minimum atomic E-state index is -0.549. The number of nitrogens with zero attached hydrogens (tertiary/aromatic N) is 3. The van der Waals surface area contributed by atoms with Crippen LogP contribution in [0.1, 0.15) is 5.56 Å². The highest BCUT2D eigenvalue weighted by Gasteiger charge is 2.17. The predicted octanol–water partition coefficient (Wildman–Crippen LogP) is 4.25. The molecule has 37 heavy (non-hydrogen) atoms. The maximum absolute atomic E-state index is 11.2. The van der Waals surface area contributed by atoms with E-state index in [9.17, 15) is 5.11 Å². The summed E-state index contributed by atoms with van der Waals surface area (Å²) in [6, 6.07) is 22.8. The number of benzene rings is 3. The van der Waals surface area contributed by atoms with Gasteiger partial charge in [0.1, 0.15) is 6.61 Å². The Balaban J connectivity index is 1.48. The topological polar surface area (TPSA) is 59.3 Å². The van der Waals surface area contributed by atoms with Gasteiger partial charge in [0.25, 0.3) is 0 Å². The fourth-order valence-electron chi connectivity index (χ4n) is 4.75. The zero-order valence-corrected chi connectivity index (χ0v) is 22.4. The number of hydrogen-bond donors (Lipinski definition) is 1. The lowest BCUT2D eigenvalue weighted by atomic mass is 10.1. The minimum Gasteiger partial charge on any atom is -0.493 e. The largest absolute Gasteiger partial charge is 0.493 e. The Bertz CT molecular complexity index is 1230. The smallest absolute Gasteiger partial charge is 0.161 e. The maximum atomic E-state index is 11.2. The quantitative estimate of drug-likeness (QED) is 0.277. The molecule has 0 unspecified atom stereocenters. The van der Waals surface area contributed by atoms with E-state index < -0.39 is 6.10 Å². The lowest BCUT2D eigenvalue weighted by Crippen LogP contribution is -2.36. The Morgan fingerprint density at radius 1 is 0.838 bits per heavy atom. The van der Waals surface area contributed by atoms with Gasteiger partial charge in [-0.15, -0.1) is 0 Å². The first-order valence-electron chi connectivity index (χ1n) is 12.8. The molecule has 0 fully saturated rings. The molecular weight excluding hydrogens is 466 g/mol. The number of fused-ring (bicyclic) bond motifs is 3.